The van der Waals surface area contributed by atoms with Gasteiger partial charge in [0.15, 0.2) is 0 Å². The van der Waals surface area contributed by atoms with Gasteiger partial charge in [0.1, 0.15) is 11.5 Å². The number of carbonyl (C=O) groups is 2. The maximum Gasteiger partial charge on any atom is 0.573 e. The summed E-state index contributed by atoms with van der Waals surface area (Å²) in [4.78, 5) is 25.5. The van der Waals surface area contributed by atoms with Crippen molar-refractivity contribution in [3.63, 3.8) is 0 Å². The third kappa shape index (κ3) is 6.82. The highest BCUT2D eigenvalue weighted by Gasteiger charge is 2.30. The Bertz CT molecular complexity index is 805. The van der Waals surface area contributed by atoms with Crippen molar-refractivity contribution in [3.8, 4) is 11.5 Å². The number of ether oxygens (including phenoxy) is 2. The second-order valence-corrected chi connectivity index (χ2v) is 5.90. The van der Waals surface area contributed by atoms with Crippen LogP contribution >= 0.6 is 0 Å². The highest BCUT2D eigenvalue weighted by atomic mass is 19.4. The first kappa shape index (κ1) is 21.1. The minimum Gasteiger partial charge on any atom is -0.497 e. The Hall–Kier alpha value is -3.23. The standard InChI is InChI=1S/C19H19F3N2O4/c1-24(18(26)11-13-3-7-15(27-2)8-4-13)12-17(25)23-14-5-9-16(10-6-14)28-19(20,21)22/h3-10H,11-12H2,1-2H3,(H,23,25). The second kappa shape index (κ2) is 9.12. The summed E-state index contributed by atoms with van der Waals surface area (Å²) in [7, 11) is 3.04. The van der Waals surface area contributed by atoms with Crippen LogP contribution in [0, 0.1) is 0 Å². The van der Waals surface area contributed by atoms with E-state index in [-0.39, 0.29) is 24.6 Å². The number of nitrogens with zero attached hydrogens (tertiary/aromatic N) is 1. The zero-order valence-electron chi connectivity index (χ0n) is 15.2. The highest BCUT2D eigenvalue weighted by molar-refractivity contribution is 5.94. The molecule has 2 rings (SSSR count). The third-order valence-corrected chi connectivity index (χ3v) is 3.69. The fraction of sp³-hybridized carbons (Fsp3) is 0.263. The number of nitrogens with one attached hydrogen (secondary N) is 1. The Balaban J connectivity index is 1.84. The third-order valence-electron chi connectivity index (χ3n) is 3.69. The van der Waals surface area contributed by atoms with Gasteiger partial charge in [-0.15, -0.1) is 13.2 Å². The lowest BCUT2D eigenvalue weighted by molar-refractivity contribution is -0.274. The lowest BCUT2D eigenvalue weighted by atomic mass is 10.1. The maximum absolute atomic E-state index is 12.2. The van der Waals surface area contributed by atoms with Gasteiger partial charge in [-0.05, 0) is 42.0 Å². The van der Waals surface area contributed by atoms with E-state index in [1.165, 1.54) is 24.1 Å². The number of carbonyl (C=O) groups excluding carboxylic acids is 2. The van der Waals surface area contributed by atoms with Gasteiger partial charge < -0.3 is 19.7 Å². The number of halogens is 3. The van der Waals surface area contributed by atoms with E-state index in [4.69, 9.17) is 4.74 Å². The van der Waals surface area contributed by atoms with Crippen molar-refractivity contribution < 1.29 is 32.2 Å². The summed E-state index contributed by atoms with van der Waals surface area (Å²) in [5, 5.41) is 2.51. The number of rotatable bonds is 7. The molecule has 1 N–H and O–H groups in total. The molecule has 0 aromatic heterocycles. The van der Waals surface area contributed by atoms with Crippen LogP contribution < -0.4 is 14.8 Å². The Morgan fingerprint density at radius 1 is 1.00 bits per heavy atom. The molecule has 0 spiro atoms. The van der Waals surface area contributed by atoms with Gasteiger partial charge in [-0.2, -0.15) is 0 Å². The van der Waals surface area contributed by atoms with Crippen LogP contribution in [0.2, 0.25) is 0 Å². The molecule has 2 aromatic rings. The summed E-state index contributed by atoms with van der Waals surface area (Å²) in [6.07, 6.45) is -4.66. The summed E-state index contributed by atoms with van der Waals surface area (Å²) in [5.41, 5.74) is 1.06. The summed E-state index contributed by atoms with van der Waals surface area (Å²) >= 11 is 0. The number of likely N-dealkylation sites (N-methyl/N-ethyl adjacent to an activating group) is 1. The minimum absolute atomic E-state index is 0.122. The number of hydrogen-bond donors (Lipinski definition) is 1. The zero-order valence-corrected chi connectivity index (χ0v) is 15.2. The fourth-order valence-corrected chi connectivity index (χ4v) is 2.30. The Kier molecular flexibility index (Phi) is 6.86. The number of alkyl halides is 3. The normalized spacial score (nSPS) is 10.9. The van der Waals surface area contributed by atoms with E-state index in [0.29, 0.717) is 5.75 Å². The van der Waals surface area contributed by atoms with E-state index in [2.05, 4.69) is 10.1 Å². The summed E-state index contributed by atoms with van der Waals surface area (Å²) in [6, 6.07) is 11.7. The van der Waals surface area contributed by atoms with Crippen molar-refractivity contribution in [1.29, 1.82) is 0 Å². The highest BCUT2D eigenvalue weighted by Crippen LogP contribution is 2.23. The van der Waals surface area contributed by atoms with Crippen LogP contribution in [0.25, 0.3) is 0 Å². The lowest BCUT2D eigenvalue weighted by Gasteiger charge is -2.17. The molecule has 0 fully saturated rings. The van der Waals surface area contributed by atoms with Crippen LogP contribution in [0.5, 0.6) is 11.5 Å². The van der Waals surface area contributed by atoms with Crippen LogP contribution in [-0.4, -0.2) is 43.8 Å². The SMILES string of the molecule is COc1ccc(CC(=O)N(C)CC(=O)Nc2ccc(OC(F)(F)F)cc2)cc1. The topological polar surface area (TPSA) is 67.9 Å². The molecule has 150 valence electrons. The molecule has 0 aliphatic heterocycles. The van der Waals surface area contributed by atoms with Gasteiger partial charge in [0.25, 0.3) is 0 Å². The molecular formula is C19H19F3N2O4. The van der Waals surface area contributed by atoms with Crippen molar-refractivity contribution in [3.05, 3.63) is 54.1 Å². The average molecular weight is 396 g/mol. The van der Waals surface area contributed by atoms with E-state index in [1.54, 1.807) is 31.4 Å². The molecule has 2 aromatic carbocycles. The monoisotopic (exact) mass is 396 g/mol. The first-order chi connectivity index (χ1) is 13.2. The molecule has 0 aliphatic carbocycles. The number of amides is 2. The van der Waals surface area contributed by atoms with Crippen molar-refractivity contribution in [2.24, 2.45) is 0 Å². The van der Waals surface area contributed by atoms with Gasteiger partial charge in [0, 0.05) is 12.7 Å². The van der Waals surface area contributed by atoms with Gasteiger partial charge in [-0.25, -0.2) is 0 Å². The van der Waals surface area contributed by atoms with Crippen molar-refractivity contribution in [1.82, 2.24) is 4.90 Å². The van der Waals surface area contributed by atoms with E-state index < -0.39 is 18.0 Å². The predicted octanol–water partition coefficient (Wildman–Crippen LogP) is 3.23. The van der Waals surface area contributed by atoms with Crippen LogP contribution in [0.4, 0.5) is 18.9 Å². The first-order valence-electron chi connectivity index (χ1n) is 8.19. The molecular weight excluding hydrogens is 377 g/mol. The molecule has 0 unspecified atom stereocenters. The second-order valence-electron chi connectivity index (χ2n) is 5.90. The van der Waals surface area contributed by atoms with Crippen LogP contribution in [0.1, 0.15) is 5.56 Å². The molecule has 0 saturated heterocycles. The lowest BCUT2D eigenvalue weighted by Crippen LogP contribution is -2.35. The van der Waals surface area contributed by atoms with Gasteiger partial charge >= 0.3 is 6.36 Å². The molecule has 0 radical (unpaired) electrons. The number of benzene rings is 2. The molecule has 0 atom stereocenters. The van der Waals surface area contributed by atoms with Crippen molar-refractivity contribution in [2.45, 2.75) is 12.8 Å². The molecule has 2 amide bonds. The number of anilines is 1. The largest absolute Gasteiger partial charge is 0.573 e. The minimum atomic E-state index is -4.78. The average Bonchev–Trinajstić information content (AvgIpc) is 2.62. The summed E-state index contributed by atoms with van der Waals surface area (Å²) < 4.78 is 45.2. The molecule has 0 aliphatic rings. The van der Waals surface area contributed by atoms with E-state index in [1.807, 2.05) is 0 Å². The zero-order chi connectivity index (χ0) is 20.7. The number of hydrogen-bond acceptors (Lipinski definition) is 4. The Morgan fingerprint density at radius 2 is 1.57 bits per heavy atom. The Morgan fingerprint density at radius 3 is 2.11 bits per heavy atom. The van der Waals surface area contributed by atoms with Crippen LogP contribution in [0.15, 0.2) is 48.5 Å². The smallest absolute Gasteiger partial charge is 0.497 e. The number of methoxy groups -OCH3 is 1. The van der Waals surface area contributed by atoms with Gasteiger partial charge in [0.05, 0.1) is 20.1 Å². The summed E-state index contributed by atoms with van der Waals surface area (Å²) in [5.74, 6) is -0.447. The van der Waals surface area contributed by atoms with Crippen molar-refractivity contribution in [2.75, 3.05) is 26.0 Å². The maximum atomic E-state index is 12.2. The van der Waals surface area contributed by atoms with Gasteiger partial charge in [-0.1, -0.05) is 12.1 Å². The van der Waals surface area contributed by atoms with E-state index in [9.17, 15) is 22.8 Å². The fourth-order valence-electron chi connectivity index (χ4n) is 2.30. The predicted molar refractivity (Wildman–Crippen MR) is 96.1 cm³/mol. The molecule has 0 bridgehead atoms. The summed E-state index contributed by atoms with van der Waals surface area (Å²) in [6.45, 7) is -0.199. The quantitative estimate of drug-likeness (QED) is 0.780. The van der Waals surface area contributed by atoms with Crippen LogP contribution in [0.3, 0.4) is 0 Å². The van der Waals surface area contributed by atoms with E-state index >= 15 is 0 Å². The molecule has 0 saturated carbocycles. The Labute approximate surface area is 159 Å². The molecule has 28 heavy (non-hydrogen) atoms. The van der Waals surface area contributed by atoms with Gasteiger partial charge in [-0.3, -0.25) is 9.59 Å². The van der Waals surface area contributed by atoms with Gasteiger partial charge in [0.2, 0.25) is 11.8 Å². The molecule has 9 heteroatoms. The first-order valence-corrected chi connectivity index (χ1v) is 8.19. The van der Waals surface area contributed by atoms with Crippen molar-refractivity contribution >= 4 is 17.5 Å². The van der Waals surface area contributed by atoms with E-state index in [0.717, 1.165) is 17.7 Å². The van der Waals surface area contributed by atoms with Crippen LogP contribution in [-0.2, 0) is 16.0 Å². The molecule has 0 heterocycles. The molecule has 6 nitrogen and oxygen atoms in total.